The Morgan fingerprint density at radius 3 is 2.62 bits per heavy atom. The standard InChI is InChI=1S/C13H14O2S/c1-15-12(14)13(9-5-6-10-16-13)11-7-3-2-4-8-11/h2-8H,9-10H2,1H3. The van der Waals surface area contributed by atoms with Crippen LogP contribution in [0.3, 0.4) is 0 Å². The summed E-state index contributed by atoms with van der Waals surface area (Å²) in [7, 11) is 1.45. The SMILES string of the molecule is COC(=O)C1(c2ccccc2)CC=CCS1. The first-order chi connectivity index (χ1) is 7.79. The highest BCUT2D eigenvalue weighted by atomic mass is 32.2. The molecule has 1 heterocycles. The highest BCUT2D eigenvalue weighted by Crippen LogP contribution is 2.43. The first-order valence-corrected chi connectivity index (χ1v) is 6.21. The van der Waals surface area contributed by atoms with Crippen LogP contribution in [0.15, 0.2) is 42.5 Å². The van der Waals surface area contributed by atoms with Crippen LogP contribution in [0.2, 0.25) is 0 Å². The van der Waals surface area contributed by atoms with Crippen LogP contribution < -0.4 is 0 Å². The molecule has 0 radical (unpaired) electrons. The van der Waals surface area contributed by atoms with Gasteiger partial charge in [-0.15, -0.1) is 11.8 Å². The molecule has 3 heteroatoms. The quantitative estimate of drug-likeness (QED) is 0.581. The summed E-state index contributed by atoms with van der Waals surface area (Å²) in [6.07, 6.45) is 4.85. The zero-order valence-electron chi connectivity index (χ0n) is 9.18. The van der Waals surface area contributed by atoms with Gasteiger partial charge in [-0.1, -0.05) is 42.5 Å². The van der Waals surface area contributed by atoms with E-state index in [-0.39, 0.29) is 5.97 Å². The van der Waals surface area contributed by atoms with E-state index in [0.717, 1.165) is 11.3 Å². The van der Waals surface area contributed by atoms with Gasteiger partial charge in [0.15, 0.2) is 0 Å². The molecule has 1 unspecified atom stereocenters. The van der Waals surface area contributed by atoms with Crippen molar-refractivity contribution >= 4 is 17.7 Å². The number of hydrogen-bond donors (Lipinski definition) is 0. The van der Waals surface area contributed by atoms with Gasteiger partial charge in [0.1, 0.15) is 4.75 Å². The molecule has 1 aromatic rings. The Morgan fingerprint density at radius 1 is 1.31 bits per heavy atom. The third-order valence-electron chi connectivity index (χ3n) is 2.75. The van der Waals surface area contributed by atoms with Crippen LogP contribution in [-0.2, 0) is 14.3 Å². The average molecular weight is 234 g/mol. The Kier molecular flexibility index (Phi) is 3.34. The fourth-order valence-electron chi connectivity index (χ4n) is 1.90. The Bertz CT molecular complexity index is 400. The first-order valence-electron chi connectivity index (χ1n) is 5.22. The molecule has 0 aromatic heterocycles. The molecule has 0 saturated carbocycles. The summed E-state index contributed by atoms with van der Waals surface area (Å²) in [5.74, 6) is 0.692. The maximum Gasteiger partial charge on any atom is 0.326 e. The molecule has 16 heavy (non-hydrogen) atoms. The summed E-state index contributed by atoms with van der Waals surface area (Å²) >= 11 is 1.64. The van der Waals surface area contributed by atoms with E-state index >= 15 is 0 Å². The lowest BCUT2D eigenvalue weighted by Gasteiger charge is -2.31. The second-order valence-electron chi connectivity index (χ2n) is 3.67. The van der Waals surface area contributed by atoms with Crippen molar-refractivity contribution in [3.63, 3.8) is 0 Å². The zero-order chi connectivity index (χ0) is 11.4. The molecule has 1 atom stereocenters. The fourth-order valence-corrected chi connectivity index (χ4v) is 3.14. The summed E-state index contributed by atoms with van der Waals surface area (Å²) < 4.78 is 4.40. The zero-order valence-corrected chi connectivity index (χ0v) is 10.00. The van der Waals surface area contributed by atoms with Gasteiger partial charge in [-0.25, -0.2) is 0 Å². The maximum absolute atomic E-state index is 12.0. The Labute approximate surface area is 99.7 Å². The van der Waals surface area contributed by atoms with Crippen molar-refractivity contribution in [2.45, 2.75) is 11.2 Å². The number of carbonyl (C=O) groups excluding carboxylic acids is 1. The Balaban J connectivity index is 2.42. The predicted molar refractivity (Wildman–Crippen MR) is 66.4 cm³/mol. The summed E-state index contributed by atoms with van der Waals surface area (Å²) in [5.41, 5.74) is 1.02. The second kappa shape index (κ2) is 4.74. The largest absolute Gasteiger partial charge is 0.468 e. The van der Waals surface area contributed by atoms with E-state index in [0.29, 0.717) is 6.42 Å². The first kappa shape index (κ1) is 11.3. The topological polar surface area (TPSA) is 26.3 Å². The van der Waals surface area contributed by atoms with Gasteiger partial charge >= 0.3 is 5.97 Å². The van der Waals surface area contributed by atoms with Crippen LogP contribution in [0.5, 0.6) is 0 Å². The molecule has 84 valence electrons. The molecule has 0 N–H and O–H groups in total. The molecule has 1 aliphatic rings. The highest BCUT2D eigenvalue weighted by Gasteiger charge is 2.41. The molecule has 1 aliphatic heterocycles. The molecule has 2 nitrogen and oxygen atoms in total. The van der Waals surface area contributed by atoms with Gasteiger partial charge in [-0.3, -0.25) is 4.79 Å². The Hall–Kier alpha value is -1.22. The van der Waals surface area contributed by atoms with Crippen LogP contribution in [0.25, 0.3) is 0 Å². The normalized spacial score (nSPS) is 24.1. The number of allylic oxidation sites excluding steroid dienone is 1. The molecular weight excluding hydrogens is 220 g/mol. The number of ether oxygens (including phenoxy) is 1. The van der Waals surface area contributed by atoms with Gasteiger partial charge in [0, 0.05) is 5.75 Å². The minimum atomic E-state index is -0.551. The number of esters is 1. The molecule has 1 aromatic carbocycles. The summed E-state index contributed by atoms with van der Waals surface area (Å²) in [5, 5.41) is 0. The minimum Gasteiger partial charge on any atom is -0.468 e. The lowest BCUT2D eigenvalue weighted by atomic mass is 9.94. The van der Waals surface area contributed by atoms with Crippen molar-refractivity contribution in [3.05, 3.63) is 48.0 Å². The summed E-state index contributed by atoms with van der Waals surface area (Å²) in [4.78, 5) is 12.0. The fraction of sp³-hybridized carbons (Fsp3) is 0.308. The summed E-state index contributed by atoms with van der Waals surface area (Å²) in [6.45, 7) is 0. The van der Waals surface area contributed by atoms with Crippen molar-refractivity contribution in [1.29, 1.82) is 0 Å². The van der Waals surface area contributed by atoms with Gasteiger partial charge in [-0.2, -0.15) is 0 Å². The predicted octanol–water partition coefficient (Wildman–Crippen LogP) is 2.75. The van der Waals surface area contributed by atoms with E-state index in [1.807, 2.05) is 30.3 Å². The number of carbonyl (C=O) groups is 1. The molecule has 0 aliphatic carbocycles. The molecule has 2 rings (SSSR count). The highest BCUT2D eigenvalue weighted by molar-refractivity contribution is 8.01. The monoisotopic (exact) mass is 234 g/mol. The number of benzene rings is 1. The summed E-state index contributed by atoms with van der Waals surface area (Å²) in [6, 6.07) is 9.85. The lowest BCUT2D eigenvalue weighted by Crippen LogP contribution is -2.34. The van der Waals surface area contributed by atoms with Crippen molar-refractivity contribution in [2.24, 2.45) is 0 Å². The third kappa shape index (κ3) is 1.87. The minimum absolute atomic E-state index is 0.159. The van der Waals surface area contributed by atoms with Gasteiger partial charge in [0.2, 0.25) is 0 Å². The van der Waals surface area contributed by atoms with E-state index in [9.17, 15) is 4.79 Å². The number of rotatable bonds is 2. The van der Waals surface area contributed by atoms with Gasteiger partial charge in [0.25, 0.3) is 0 Å². The molecule has 0 fully saturated rings. The lowest BCUT2D eigenvalue weighted by molar-refractivity contribution is -0.143. The van der Waals surface area contributed by atoms with E-state index in [1.165, 1.54) is 7.11 Å². The van der Waals surface area contributed by atoms with E-state index in [2.05, 4.69) is 12.2 Å². The van der Waals surface area contributed by atoms with Crippen LogP contribution in [0.4, 0.5) is 0 Å². The second-order valence-corrected chi connectivity index (χ2v) is 4.99. The average Bonchev–Trinajstić information content (AvgIpc) is 2.39. The molecule has 0 bridgehead atoms. The number of thioether (sulfide) groups is 1. The molecule has 0 amide bonds. The van der Waals surface area contributed by atoms with Gasteiger partial charge in [-0.05, 0) is 12.0 Å². The van der Waals surface area contributed by atoms with Crippen molar-refractivity contribution in [2.75, 3.05) is 12.9 Å². The van der Waals surface area contributed by atoms with Gasteiger partial charge in [0.05, 0.1) is 7.11 Å². The Morgan fingerprint density at radius 2 is 2.06 bits per heavy atom. The third-order valence-corrected chi connectivity index (χ3v) is 4.17. The van der Waals surface area contributed by atoms with E-state index < -0.39 is 4.75 Å². The van der Waals surface area contributed by atoms with Crippen molar-refractivity contribution in [3.8, 4) is 0 Å². The maximum atomic E-state index is 12.0. The molecule has 0 saturated heterocycles. The van der Waals surface area contributed by atoms with E-state index in [4.69, 9.17) is 4.74 Å². The van der Waals surface area contributed by atoms with Crippen LogP contribution in [0.1, 0.15) is 12.0 Å². The van der Waals surface area contributed by atoms with Crippen LogP contribution >= 0.6 is 11.8 Å². The smallest absolute Gasteiger partial charge is 0.326 e. The van der Waals surface area contributed by atoms with E-state index in [1.54, 1.807) is 11.8 Å². The number of methoxy groups -OCH3 is 1. The van der Waals surface area contributed by atoms with Crippen molar-refractivity contribution < 1.29 is 9.53 Å². The van der Waals surface area contributed by atoms with Crippen LogP contribution in [0, 0.1) is 0 Å². The molecule has 0 spiro atoms. The van der Waals surface area contributed by atoms with Crippen LogP contribution in [-0.4, -0.2) is 18.8 Å². The number of hydrogen-bond acceptors (Lipinski definition) is 3. The molecular formula is C13H14O2S. The van der Waals surface area contributed by atoms with Crippen molar-refractivity contribution in [1.82, 2.24) is 0 Å². The van der Waals surface area contributed by atoms with Gasteiger partial charge < -0.3 is 4.74 Å².